The molecule has 1 heterocycles. The number of nitrogens with zero attached hydrogens (tertiary/aromatic N) is 2. The van der Waals surface area contributed by atoms with Crippen molar-refractivity contribution in [2.24, 2.45) is 0 Å². The summed E-state index contributed by atoms with van der Waals surface area (Å²) < 4.78 is 0.674. The maximum atomic E-state index is 11.4. The number of nitrogens with one attached hydrogen (secondary N) is 1. The minimum Gasteiger partial charge on any atom is -0.382 e. The smallest absolute Gasteiger partial charge is 0.274 e. The van der Waals surface area contributed by atoms with Crippen molar-refractivity contribution in [1.29, 1.82) is 0 Å². The third-order valence-corrected chi connectivity index (χ3v) is 1.66. The molecule has 3 N–H and O–H groups in total. The molecule has 0 aliphatic heterocycles. The van der Waals surface area contributed by atoms with Crippen LogP contribution in [-0.2, 0) is 0 Å². The maximum absolute atomic E-state index is 11.4. The average molecular weight is 257 g/mol. The number of amides is 1. The van der Waals surface area contributed by atoms with Gasteiger partial charge in [0, 0.05) is 23.4 Å². The van der Waals surface area contributed by atoms with Crippen LogP contribution >= 0.6 is 15.9 Å². The van der Waals surface area contributed by atoms with E-state index in [1.54, 1.807) is 0 Å². The Balaban J connectivity index is 2.70. The summed E-state index contributed by atoms with van der Waals surface area (Å²) in [4.78, 5) is 19.0. The van der Waals surface area contributed by atoms with Crippen LogP contribution in [0, 0.1) is 0 Å². The highest BCUT2D eigenvalue weighted by Gasteiger charge is 2.10. The Morgan fingerprint density at radius 2 is 2.21 bits per heavy atom. The molecule has 0 saturated carbocycles. The van der Waals surface area contributed by atoms with E-state index in [-0.39, 0.29) is 17.4 Å². The van der Waals surface area contributed by atoms with E-state index in [9.17, 15) is 4.79 Å². The molecule has 6 heteroatoms. The van der Waals surface area contributed by atoms with Crippen molar-refractivity contribution in [3.05, 3.63) is 29.1 Å². The molecule has 1 amide bonds. The Morgan fingerprint density at radius 3 is 2.79 bits per heavy atom. The highest BCUT2D eigenvalue weighted by molar-refractivity contribution is 9.11. The monoisotopic (exact) mass is 256 g/mol. The van der Waals surface area contributed by atoms with E-state index in [0.717, 1.165) is 0 Å². The highest BCUT2D eigenvalue weighted by atomic mass is 79.9. The number of anilines is 1. The molecule has 74 valence electrons. The molecule has 0 aliphatic carbocycles. The van der Waals surface area contributed by atoms with Gasteiger partial charge in [0.2, 0.25) is 0 Å². The molecule has 0 saturated heterocycles. The lowest BCUT2D eigenvalue weighted by Gasteiger charge is -2.04. The van der Waals surface area contributed by atoms with E-state index in [2.05, 4.69) is 37.8 Å². The first kappa shape index (κ1) is 10.6. The van der Waals surface area contributed by atoms with Gasteiger partial charge in [-0.3, -0.25) is 4.79 Å². The zero-order chi connectivity index (χ0) is 10.6. The molecule has 5 nitrogen and oxygen atoms in total. The first-order chi connectivity index (χ1) is 6.61. The molecule has 14 heavy (non-hydrogen) atoms. The third kappa shape index (κ3) is 2.81. The van der Waals surface area contributed by atoms with Gasteiger partial charge in [0.05, 0.1) is 0 Å². The van der Waals surface area contributed by atoms with Gasteiger partial charge < -0.3 is 11.1 Å². The second-order valence-corrected chi connectivity index (χ2v) is 3.61. The Morgan fingerprint density at radius 1 is 1.57 bits per heavy atom. The van der Waals surface area contributed by atoms with Gasteiger partial charge in [0.15, 0.2) is 11.5 Å². The van der Waals surface area contributed by atoms with Gasteiger partial charge in [-0.15, -0.1) is 0 Å². The average Bonchev–Trinajstić information content (AvgIpc) is 2.15. The van der Waals surface area contributed by atoms with Crippen molar-refractivity contribution in [3.8, 4) is 0 Å². The highest BCUT2D eigenvalue weighted by Crippen LogP contribution is 2.03. The van der Waals surface area contributed by atoms with Crippen LogP contribution in [0.15, 0.2) is 23.5 Å². The maximum Gasteiger partial charge on any atom is 0.274 e. The van der Waals surface area contributed by atoms with Crippen molar-refractivity contribution in [1.82, 2.24) is 15.3 Å². The number of halogens is 1. The van der Waals surface area contributed by atoms with E-state index >= 15 is 0 Å². The normalized spacial score (nSPS) is 9.50. The Hall–Kier alpha value is -1.43. The van der Waals surface area contributed by atoms with E-state index in [1.165, 1.54) is 12.4 Å². The van der Waals surface area contributed by atoms with Gasteiger partial charge >= 0.3 is 0 Å². The van der Waals surface area contributed by atoms with Crippen molar-refractivity contribution in [2.75, 3.05) is 12.3 Å². The number of rotatable bonds is 3. The molecule has 0 atom stereocenters. The lowest BCUT2D eigenvalue weighted by molar-refractivity contribution is 0.0953. The minimum absolute atomic E-state index is 0.116. The zero-order valence-corrected chi connectivity index (χ0v) is 8.91. The molecule has 0 aliphatic rings. The number of hydrogen-bond acceptors (Lipinski definition) is 4. The third-order valence-electron chi connectivity index (χ3n) is 1.38. The van der Waals surface area contributed by atoms with Crippen LogP contribution in [0.4, 0.5) is 5.82 Å². The van der Waals surface area contributed by atoms with Crippen LogP contribution in [-0.4, -0.2) is 22.4 Å². The predicted molar refractivity (Wildman–Crippen MR) is 56.8 cm³/mol. The molecule has 0 aromatic carbocycles. The summed E-state index contributed by atoms with van der Waals surface area (Å²) in [5, 5.41) is 2.57. The van der Waals surface area contributed by atoms with Gasteiger partial charge in [-0.2, -0.15) is 0 Å². The van der Waals surface area contributed by atoms with Gasteiger partial charge in [-0.1, -0.05) is 22.5 Å². The first-order valence-corrected chi connectivity index (χ1v) is 4.58. The van der Waals surface area contributed by atoms with Crippen LogP contribution in [0.3, 0.4) is 0 Å². The Labute approximate surface area is 89.6 Å². The topological polar surface area (TPSA) is 80.9 Å². The summed E-state index contributed by atoms with van der Waals surface area (Å²) in [5.74, 6) is -0.249. The number of aromatic nitrogens is 2. The number of carbonyl (C=O) groups excluding carboxylic acids is 1. The van der Waals surface area contributed by atoms with E-state index in [0.29, 0.717) is 11.0 Å². The summed E-state index contributed by atoms with van der Waals surface area (Å²) in [6, 6.07) is 0. The Bertz CT molecular complexity index is 366. The Kier molecular flexibility index (Phi) is 3.58. The van der Waals surface area contributed by atoms with Gasteiger partial charge in [0.1, 0.15) is 0 Å². The summed E-state index contributed by atoms with van der Waals surface area (Å²) in [5.41, 5.74) is 5.59. The van der Waals surface area contributed by atoms with Crippen LogP contribution in [0.5, 0.6) is 0 Å². The molecule has 0 radical (unpaired) electrons. The summed E-state index contributed by atoms with van der Waals surface area (Å²) >= 11 is 3.12. The van der Waals surface area contributed by atoms with Crippen LogP contribution in [0.1, 0.15) is 10.5 Å². The minimum atomic E-state index is -0.365. The predicted octanol–water partition coefficient (Wildman–Crippen LogP) is 0.697. The van der Waals surface area contributed by atoms with E-state index in [1.807, 2.05) is 0 Å². The van der Waals surface area contributed by atoms with Crippen molar-refractivity contribution in [2.45, 2.75) is 0 Å². The number of hydrogen-bond donors (Lipinski definition) is 2. The quantitative estimate of drug-likeness (QED) is 0.835. The van der Waals surface area contributed by atoms with Crippen molar-refractivity contribution < 1.29 is 4.79 Å². The molecule has 0 unspecified atom stereocenters. The van der Waals surface area contributed by atoms with Crippen LogP contribution < -0.4 is 11.1 Å². The molecule has 1 aromatic rings. The molecule has 1 aromatic heterocycles. The summed E-state index contributed by atoms with van der Waals surface area (Å²) in [6.45, 7) is 3.91. The number of carbonyl (C=O) groups is 1. The van der Waals surface area contributed by atoms with Gasteiger partial charge in [0.25, 0.3) is 5.91 Å². The van der Waals surface area contributed by atoms with Crippen LogP contribution in [0.25, 0.3) is 0 Å². The van der Waals surface area contributed by atoms with E-state index < -0.39 is 0 Å². The summed E-state index contributed by atoms with van der Waals surface area (Å²) in [6.07, 6.45) is 2.84. The van der Waals surface area contributed by atoms with Gasteiger partial charge in [-0.25, -0.2) is 9.97 Å². The lowest BCUT2D eigenvalue weighted by Crippen LogP contribution is -2.26. The second-order valence-electron chi connectivity index (χ2n) is 2.49. The first-order valence-electron chi connectivity index (χ1n) is 3.79. The molecular weight excluding hydrogens is 248 g/mol. The van der Waals surface area contributed by atoms with Crippen molar-refractivity contribution in [3.63, 3.8) is 0 Å². The molecular formula is C8H9BrN4O. The van der Waals surface area contributed by atoms with Crippen LogP contribution in [0.2, 0.25) is 0 Å². The fourth-order valence-electron chi connectivity index (χ4n) is 0.784. The van der Waals surface area contributed by atoms with Gasteiger partial charge in [-0.05, 0) is 0 Å². The SMILES string of the molecule is C=C(Br)CNC(=O)c1nccnc1N. The molecule has 0 bridgehead atoms. The number of nitrogens with two attached hydrogens (primary N) is 1. The fraction of sp³-hybridized carbons (Fsp3) is 0.125. The molecule has 0 fully saturated rings. The fourth-order valence-corrected chi connectivity index (χ4v) is 0.924. The summed E-state index contributed by atoms with van der Waals surface area (Å²) in [7, 11) is 0. The van der Waals surface area contributed by atoms with E-state index in [4.69, 9.17) is 5.73 Å². The second kappa shape index (κ2) is 4.71. The largest absolute Gasteiger partial charge is 0.382 e. The standard InChI is InChI=1S/C8H9BrN4O/c1-5(9)4-13-8(14)6-7(10)12-3-2-11-6/h2-3H,1,4H2,(H2,10,12)(H,13,14). The van der Waals surface area contributed by atoms with Crippen molar-refractivity contribution >= 4 is 27.7 Å². The zero-order valence-electron chi connectivity index (χ0n) is 7.33. The molecule has 0 spiro atoms. The molecule has 1 rings (SSSR count). The lowest BCUT2D eigenvalue weighted by atomic mass is 10.4. The number of nitrogen functional groups attached to an aromatic ring is 1.